The summed E-state index contributed by atoms with van der Waals surface area (Å²) < 4.78 is 14.5. The summed E-state index contributed by atoms with van der Waals surface area (Å²) in [6.45, 7) is 5.21. The minimum atomic E-state index is 0.818. The number of fused-ring (bicyclic) bond motifs is 7. The molecular formula is C22H20OS3. The van der Waals surface area contributed by atoms with Gasteiger partial charge in [0.15, 0.2) is 0 Å². The first-order valence-electron chi connectivity index (χ1n) is 9.15. The first-order chi connectivity index (χ1) is 12.7. The molecule has 3 aromatic heterocycles. The van der Waals surface area contributed by atoms with Gasteiger partial charge in [0.25, 0.3) is 0 Å². The summed E-state index contributed by atoms with van der Waals surface area (Å²) in [7, 11) is 0. The lowest BCUT2D eigenvalue weighted by atomic mass is 10.2. The number of hydrogen-bond acceptors (Lipinski definition) is 4. The third kappa shape index (κ3) is 2.63. The molecule has 0 aliphatic heterocycles. The molecule has 0 fully saturated rings. The van der Waals surface area contributed by atoms with Crippen molar-refractivity contribution in [2.45, 2.75) is 33.1 Å². The van der Waals surface area contributed by atoms with Gasteiger partial charge < -0.3 is 4.74 Å². The highest BCUT2D eigenvalue weighted by Crippen LogP contribution is 2.50. The molecule has 0 saturated heterocycles. The fourth-order valence-electron chi connectivity index (χ4n) is 3.47. The number of hydrogen-bond donors (Lipinski definition) is 0. The van der Waals surface area contributed by atoms with E-state index >= 15 is 0 Å². The zero-order valence-electron chi connectivity index (χ0n) is 14.9. The lowest BCUT2D eigenvalue weighted by molar-refractivity contribution is 0.306. The van der Waals surface area contributed by atoms with Crippen LogP contribution in [-0.2, 0) is 0 Å². The maximum atomic E-state index is 5.95. The standard InChI is InChI=1S/C22H20OS3/c1-3-4-5-10-23-14-7-9-16-18(12-14)25-22-20(16)26-19-15-8-6-13(2)11-17(15)24-21(19)22/h6-9,11-12H,3-5,10H2,1-2H3. The first kappa shape index (κ1) is 16.5. The molecule has 0 bridgehead atoms. The van der Waals surface area contributed by atoms with Crippen LogP contribution in [0.15, 0.2) is 36.4 Å². The fraction of sp³-hybridized carbons (Fsp3) is 0.273. The average molecular weight is 397 g/mol. The predicted molar refractivity (Wildman–Crippen MR) is 120 cm³/mol. The van der Waals surface area contributed by atoms with Crippen molar-refractivity contribution >= 4 is 73.0 Å². The van der Waals surface area contributed by atoms with Gasteiger partial charge in [0.05, 0.1) is 25.4 Å². The second kappa shape index (κ2) is 6.52. The van der Waals surface area contributed by atoms with Gasteiger partial charge in [-0.2, -0.15) is 0 Å². The van der Waals surface area contributed by atoms with Crippen molar-refractivity contribution in [3.63, 3.8) is 0 Å². The second-order valence-electron chi connectivity index (χ2n) is 6.84. The Balaban J connectivity index is 1.60. The van der Waals surface area contributed by atoms with Gasteiger partial charge in [-0.3, -0.25) is 0 Å². The normalized spacial score (nSPS) is 12.1. The van der Waals surface area contributed by atoms with Gasteiger partial charge in [-0.05, 0) is 43.2 Å². The molecule has 5 aromatic rings. The molecule has 0 saturated carbocycles. The highest BCUT2D eigenvalue weighted by Gasteiger charge is 2.16. The Morgan fingerprint density at radius 2 is 1.46 bits per heavy atom. The number of benzene rings is 2. The van der Waals surface area contributed by atoms with Gasteiger partial charge in [0, 0.05) is 20.2 Å². The molecule has 0 aliphatic rings. The first-order valence-corrected chi connectivity index (χ1v) is 11.6. The van der Waals surface area contributed by atoms with Crippen LogP contribution in [0.5, 0.6) is 5.75 Å². The maximum Gasteiger partial charge on any atom is 0.120 e. The number of ether oxygens (including phenoxy) is 1. The Morgan fingerprint density at radius 3 is 2.19 bits per heavy atom. The van der Waals surface area contributed by atoms with E-state index in [2.05, 4.69) is 50.2 Å². The summed E-state index contributed by atoms with van der Waals surface area (Å²) in [5.74, 6) is 1.01. The van der Waals surface area contributed by atoms with Crippen molar-refractivity contribution in [3.05, 3.63) is 42.0 Å². The molecular weight excluding hydrogens is 376 g/mol. The molecule has 132 valence electrons. The monoisotopic (exact) mass is 396 g/mol. The Hall–Kier alpha value is -1.62. The van der Waals surface area contributed by atoms with E-state index in [1.165, 1.54) is 57.4 Å². The second-order valence-corrected chi connectivity index (χ2v) is 9.96. The van der Waals surface area contributed by atoms with Crippen LogP contribution in [0.3, 0.4) is 0 Å². The van der Waals surface area contributed by atoms with Crippen LogP contribution < -0.4 is 4.74 Å². The molecule has 0 N–H and O–H groups in total. The average Bonchev–Trinajstić information content (AvgIpc) is 3.26. The van der Waals surface area contributed by atoms with E-state index in [-0.39, 0.29) is 0 Å². The molecule has 2 aromatic carbocycles. The number of unbranched alkanes of at least 4 members (excludes halogenated alkanes) is 2. The summed E-state index contributed by atoms with van der Waals surface area (Å²) in [5.41, 5.74) is 1.34. The molecule has 1 nitrogen and oxygen atoms in total. The van der Waals surface area contributed by atoms with Crippen LogP contribution in [0, 0.1) is 6.92 Å². The molecule has 4 heteroatoms. The van der Waals surface area contributed by atoms with Gasteiger partial charge in [-0.1, -0.05) is 31.9 Å². The SMILES string of the molecule is CCCCCOc1ccc2c(c1)sc1c2sc2c3ccc(C)cc3sc21. The van der Waals surface area contributed by atoms with Crippen molar-refractivity contribution in [2.75, 3.05) is 6.61 Å². The topological polar surface area (TPSA) is 9.23 Å². The van der Waals surface area contributed by atoms with Gasteiger partial charge >= 0.3 is 0 Å². The van der Waals surface area contributed by atoms with Gasteiger partial charge in [0.1, 0.15) is 5.75 Å². The lowest BCUT2D eigenvalue weighted by Crippen LogP contribution is -1.96. The smallest absolute Gasteiger partial charge is 0.120 e. The number of rotatable bonds is 5. The molecule has 3 heterocycles. The van der Waals surface area contributed by atoms with Gasteiger partial charge in [-0.25, -0.2) is 0 Å². The summed E-state index contributed by atoms with van der Waals surface area (Å²) >= 11 is 5.81. The van der Waals surface area contributed by atoms with E-state index in [1.54, 1.807) is 0 Å². The van der Waals surface area contributed by atoms with Gasteiger partial charge in [-0.15, -0.1) is 34.0 Å². The Bertz CT molecular complexity index is 1240. The summed E-state index contributed by atoms with van der Waals surface area (Å²) in [4.78, 5) is 0. The van der Waals surface area contributed by atoms with Crippen LogP contribution in [0.25, 0.3) is 39.0 Å². The summed E-state index contributed by atoms with van der Waals surface area (Å²) in [6.07, 6.45) is 3.60. The molecule has 0 unspecified atom stereocenters. The van der Waals surface area contributed by atoms with E-state index in [9.17, 15) is 0 Å². The molecule has 5 rings (SSSR count). The van der Waals surface area contributed by atoms with Crippen molar-refractivity contribution in [1.29, 1.82) is 0 Å². The lowest BCUT2D eigenvalue weighted by Gasteiger charge is -2.05. The summed E-state index contributed by atoms with van der Waals surface area (Å²) in [6, 6.07) is 13.4. The van der Waals surface area contributed by atoms with E-state index in [4.69, 9.17) is 4.74 Å². The minimum Gasteiger partial charge on any atom is -0.494 e. The number of thiophene rings is 3. The molecule has 0 spiro atoms. The fourth-order valence-corrected chi connectivity index (χ4v) is 7.86. The highest BCUT2D eigenvalue weighted by atomic mass is 32.1. The van der Waals surface area contributed by atoms with Crippen LogP contribution in [0.1, 0.15) is 31.7 Å². The van der Waals surface area contributed by atoms with E-state index in [0.29, 0.717) is 0 Å². The maximum absolute atomic E-state index is 5.95. The van der Waals surface area contributed by atoms with Crippen LogP contribution in [0.4, 0.5) is 0 Å². The van der Waals surface area contributed by atoms with Crippen LogP contribution in [0.2, 0.25) is 0 Å². The third-order valence-electron chi connectivity index (χ3n) is 4.84. The van der Waals surface area contributed by atoms with Crippen molar-refractivity contribution < 1.29 is 4.74 Å². The summed E-state index contributed by atoms with van der Waals surface area (Å²) in [5, 5.41) is 2.78. The zero-order chi connectivity index (χ0) is 17.7. The molecule has 0 aliphatic carbocycles. The quantitative estimate of drug-likeness (QED) is 0.271. The largest absolute Gasteiger partial charge is 0.494 e. The Kier molecular flexibility index (Phi) is 4.15. The van der Waals surface area contributed by atoms with E-state index < -0.39 is 0 Å². The molecule has 0 amide bonds. The highest BCUT2D eigenvalue weighted by molar-refractivity contribution is 7.43. The third-order valence-corrected chi connectivity index (χ3v) is 8.83. The molecule has 0 radical (unpaired) electrons. The number of aryl methyl sites for hydroxylation is 1. The molecule has 0 atom stereocenters. The Morgan fingerprint density at radius 1 is 0.769 bits per heavy atom. The van der Waals surface area contributed by atoms with Crippen molar-refractivity contribution in [3.8, 4) is 5.75 Å². The molecule has 26 heavy (non-hydrogen) atoms. The van der Waals surface area contributed by atoms with Crippen molar-refractivity contribution in [1.82, 2.24) is 0 Å². The minimum absolute atomic E-state index is 0.818. The van der Waals surface area contributed by atoms with Crippen molar-refractivity contribution in [2.24, 2.45) is 0 Å². The van der Waals surface area contributed by atoms with E-state index in [1.807, 2.05) is 34.0 Å². The van der Waals surface area contributed by atoms with Crippen LogP contribution in [-0.4, -0.2) is 6.61 Å². The van der Waals surface area contributed by atoms with E-state index in [0.717, 1.165) is 18.8 Å². The van der Waals surface area contributed by atoms with Gasteiger partial charge in [0.2, 0.25) is 0 Å². The van der Waals surface area contributed by atoms with Crippen LogP contribution >= 0.6 is 34.0 Å². The zero-order valence-corrected chi connectivity index (χ0v) is 17.4. The predicted octanol–water partition coefficient (Wildman–Crippen LogP) is 8.36. The Labute approximate surface area is 164 Å².